The van der Waals surface area contributed by atoms with Crippen LogP contribution in [0.5, 0.6) is 0 Å². The van der Waals surface area contributed by atoms with Crippen molar-refractivity contribution in [2.45, 2.75) is 0 Å². The number of hydrogen-bond acceptors (Lipinski definition) is 2. The van der Waals surface area contributed by atoms with Gasteiger partial charge in [-0.25, -0.2) is 4.68 Å². The van der Waals surface area contributed by atoms with Gasteiger partial charge >= 0.3 is 0 Å². The van der Waals surface area contributed by atoms with Gasteiger partial charge in [-0.05, 0) is 30.3 Å². The van der Waals surface area contributed by atoms with Crippen LogP contribution in [0.3, 0.4) is 0 Å². The fourth-order valence-electron chi connectivity index (χ4n) is 2.01. The maximum Gasteiger partial charge on any atom is 0.116 e. The molecule has 1 aromatic heterocycles. The number of nitrogens with two attached hydrogens (primary N) is 1. The van der Waals surface area contributed by atoms with Crippen molar-refractivity contribution in [3.8, 4) is 16.9 Å². The molecule has 3 rings (SSSR count). The summed E-state index contributed by atoms with van der Waals surface area (Å²) in [5.74, 6) is 0. The Labute approximate surface area is 136 Å². The third kappa shape index (κ3) is 2.86. The van der Waals surface area contributed by atoms with Crippen molar-refractivity contribution in [3.63, 3.8) is 0 Å². The number of hydrogen-bond donors (Lipinski definition) is 1. The molecule has 0 radical (unpaired) electrons. The van der Waals surface area contributed by atoms with Crippen molar-refractivity contribution in [2.24, 2.45) is 0 Å². The Morgan fingerprint density at radius 2 is 1.57 bits per heavy atom. The summed E-state index contributed by atoms with van der Waals surface area (Å²) in [6.45, 7) is 0. The van der Waals surface area contributed by atoms with Crippen molar-refractivity contribution < 1.29 is 0 Å². The minimum atomic E-state index is 0.507. The Morgan fingerprint density at radius 3 is 2.24 bits per heavy atom. The van der Waals surface area contributed by atoms with Crippen LogP contribution < -0.4 is 5.73 Å². The van der Waals surface area contributed by atoms with Crippen LogP contribution in [-0.2, 0) is 0 Å². The first kappa shape index (κ1) is 14.3. The molecular formula is C15H10Cl3N3. The van der Waals surface area contributed by atoms with Crippen LogP contribution in [0.15, 0.2) is 48.7 Å². The van der Waals surface area contributed by atoms with Crippen LogP contribution in [0, 0.1) is 0 Å². The molecule has 106 valence electrons. The lowest BCUT2D eigenvalue weighted by Gasteiger charge is -2.04. The molecule has 0 saturated heterocycles. The van der Waals surface area contributed by atoms with E-state index in [1.54, 1.807) is 41.2 Å². The predicted octanol–water partition coefficient (Wildman–Crippen LogP) is 5.08. The second-order valence-electron chi connectivity index (χ2n) is 4.48. The van der Waals surface area contributed by atoms with Crippen LogP contribution in [0.2, 0.25) is 15.1 Å². The fourth-order valence-corrected chi connectivity index (χ4v) is 2.63. The van der Waals surface area contributed by atoms with Gasteiger partial charge in [-0.2, -0.15) is 5.10 Å². The van der Waals surface area contributed by atoms with E-state index in [1.165, 1.54) is 0 Å². The van der Waals surface area contributed by atoms with Crippen molar-refractivity contribution in [1.29, 1.82) is 0 Å². The summed E-state index contributed by atoms with van der Waals surface area (Å²) in [4.78, 5) is 0. The molecule has 0 aliphatic carbocycles. The number of halogens is 3. The maximum atomic E-state index is 6.19. The first-order chi connectivity index (χ1) is 10.0. The summed E-state index contributed by atoms with van der Waals surface area (Å²) < 4.78 is 1.64. The summed E-state index contributed by atoms with van der Waals surface area (Å²) in [7, 11) is 0. The zero-order valence-electron chi connectivity index (χ0n) is 10.7. The van der Waals surface area contributed by atoms with E-state index >= 15 is 0 Å². The normalized spacial score (nSPS) is 10.8. The van der Waals surface area contributed by atoms with Gasteiger partial charge in [0, 0.05) is 15.6 Å². The van der Waals surface area contributed by atoms with Crippen molar-refractivity contribution in [1.82, 2.24) is 9.78 Å². The molecule has 0 spiro atoms. The standard InChI is InChI=1S/C15H10Cl3N3/c16-10-3-1-9(2-4-10)15-13(19)8-21(20-15)14-6-5-11(17)7-12(14)18/h1-8H,19H2. The van der Waals surface area contributed by atoms with Crippen LogP contribution in [0.25, 0.3) is 16.9 Å². The Kier molecular flexibility index (Phi) is 3.81. The van der Waals surface area contributed by atoms with Gasteiger partial charge in [0.15, 0.2) is 0 Å². The van der Waals surface area contributed by atoms with Gasteiger partial charge in [-0.1, -0.05) is 46.9 Å². The minimum Gasteiger partial charge on any atom is -0.396 e. The molecule has 0 bridgehead atoms. The molecule has 0 amide bonds. The van der Waals surface area contributed by atoms with Crippen molar-refractivity contribution >= 4 is 40.5 Å². The Hall–Kier alpha value is -1.68. The van der Waals surface area contributed by atoms with Gasteiger partial charge in [-0.3, -0.25) is 0 Å². The smallest absolute Gasteiger partial charge is 0.116 e. The monoisotopic (exact) mass is 337 g/mol. The third-order valence-electron chi connectivity index (χ3n) is 3.02. The highest BCUT2D eigenvalue weighted by Crippen LogP contribution is 2.29. The average molecular weight is 339 g/mol. The SMILES string of the molecule is Nc1cn(-c2ccc(Cl)cc2Cl)nc1-c1ccc(Cl)cc1. The summed E-state index contributed by atoms with van der Waals surface area (Å²) in [5.41, 5.74) is 8.89. The number of nitrogen functional groups attached to an aromatic ring is 1. The van der Waals surface area contributed by atoms with Gasteiger partial charge in [0.25, 0.3) is 0 Å². The molecular weight excluding hydrogens is 329 g/mol. The average Bonchev–Trinajstić information content (AvgIpc) is 2.81. The van der Waals surface area contributed by atoms with Crippen molar-refractivity contribution in [3.05, 3.63) is 63.7 Å². The molecule has 2 N–H and O–H groups in total. The molecule has 6 heteroatoms. The van der Waals surface area contributed by atoms with Crippen LogP contribution in [0.1, 0.15) is 0 Å². The Morgan fingerprint density at radius 1 is 0.905 bits per heavy atom. The zero-order chi connectivity index (χ0) is 15.0. The minimum absolute atomic E-state index is 0.507. The number of aromatic nitrogens is 2. The topological polar surface area (TPSA) is 43.8 Å². The molecule has 0 unspecified atom stereocenters. The third-order valence-corrected chi connectivity index (χ3v) is 3.81. The van der Waals surface area contributed by atoms with E-state index in [2.05, 4.69) is 5.10 Å². The second-order valence-corrected chi connectivity index (χ2v) is 5.76. The van der Waals surface area contributed by atoms with Gasteiger partial charge in [0.05, 0.1) is 22.6 Å². The molecule has 0 atom stereocenters. The van der Waals surface area contributed by atoms with Crippen LogP contribution >= 0.6 is 34.8 Å². The van der Waals surface area contributed by atoms with Gasteiger partial charge in [-0.15, -0.1) is 0 Å². The van der Waals surface area contributed by atoms with E-state index in [0.29, 0.717) is 32.1 Å². The highest BCUT2D eigenvalue weighted by atomic mass is 35.5. The summed E-state index contributed by atoms with van der Waals surface area (Å²) in [5, 5.41) is 6.23. The summed E-state index contributed by atoms with van der Waals surface area (Å²) in [6, 6.07) is 12.5. The summed E-state index contributed by atoms with van der Waals surface area (Å²) in [6.07, 6.45) is 1.72. The molecule has 3 aromatic rings. The summed E-state index contributed by atoms with van der Waals surface area (Å²) >= 11 is 18.0. The lowest BCUT2D eigenvalue weighted by atomic mass is 10.1. The maximum absolute atomic E-state index is 6.19. The molecule has 0 saturated carbocycles. The van der Waals surface area contributed by atoms with Gasteiger partial charge < -0.3 is 5.73 Å². The number of nitrogens with zero attached hydrogens (tertiary/aromatic N) is 2. The first-order valence-corrected chi connectivity index (χ1v) is 7.24. The predicted molar refractivity (Wildman–Crippen MR) is 88.4 cm³/mol. The molecule has 0 fully saturated rings. The number of anilines is 1. The highest BCUT2D eigenvalue weighted by Gasteiger charge is 2.11. The van der Waals surface area contributed by atoms with Gasteiger partial charge in [0.1, 0.15) is 5.69 Å². The molecule has 0 aliphatic rings. The van der Waals surface area contributed by atoms with E-state index in [1.807, 2.05) is 12.1 Å². The van der Waals surface area contributed by atoms with E-state index in [9.17, 15) is 0 Å². The number of rotatable bonds is 2. The van der Waals surface area contributed by atoms with Crippen LogP contribution in [0.4, 0.5) is 5.69 Å². The molecule has 3 nitrogen and oxygen atoms in total. The van der Waals surface area contributed by atoms with E-state index in [4.69, 9.17) is 40.5 Å². The van der Waals surface area contributed by atoms with E-state index in [0.717, 1.165) is 5.56 Å². The fraction of sp³-hybridized carbons (Fsp3) is 0. The quantitative estimate of drug-likeness (QED) is 0.708. The van der Waals surface area contributed by atoms with E-state index in [-0.39, 0.29) is 0 Å². The molecule has 0 aliphatic heterocycles. The van der Waals surface area contributed by atoms with E-state index < -0.39 is 0 Å². The highest BCUT2D eigenvalue weighted by molar-refractivity contribution is 6.35. The second kappa shape index (κ2) is 5.60. The molecule has 1 heterocycles. The lowest BCUT2D eigenvalue weighted by molar-refractivity contribution is 0.885. The van der Waals surface area contributed by atoms with Crippen molar-refractivity contribution in [2.75, 3.05) is 5.73 Å². The molecule has 21 heavy (non-hydrogen) atoms. The largest absolute Gasteiger partial charge is 0.396 e. The Bertz CT molecular complexity index is 794. The van der Waals surface area contributed by atoms with Crippen LogP contribution in [-0.4, -0.2) is 9.78 Å². The molecule has 2 aromatic carbocycles. The lowest BCUT2D eigenvalue weighted by Crippen LogP contribution is -1.95. The number of benzene rings is 2. The Balaban J connectivity index is 2.07. The van der Waals surface area contributed by atoms with Gasteiger partial charge in [0.2, 0.25) is 0 Å². The zero-order valence-corrected chi connectivity index (χ0v) is 13.0. The first-order valence-electron chi connectivity index (χ1n) is 6.11.